The Balaban J connectivity index is 1.32. The lowest BCUT2D eigenvalue weighted by atomic mass is 10.2. The van der Waals surface area contributed by atoms with Gasteiger partial charge < -0.3 is 13.6 Å². The molecule has 2 aromatic carbocycles. The fourth-order valence-electron chi connectivity index (χ4n) is 2.19. The molecule has 0 fully saturated rings. The van der Waals surface area contributed by atoms with Crippen LogP contribution in [0.3, 0.4) is 0 Å². The second-order valence-electron chi connectivity index (χ2n) is 5.34. The van der Waals surface area contributed by atoms with Crippen molar-refractivity contribution in [1.29, 1.82) is 0 Å². The third-order valence-electron chi connectivity index (χ3n) is 3.44. The Hall–Kier alpha value is -2.84. The number of thioether (sulfide) groups is 1. The van der Waals surface area contributed by atoms with Crippen molar-refractivity contribution < 1.29 is 13.6 Å². The second kappa shape index (κ2) is 8.24. The first kappa shape index (κ1) is 17.6. The molecule has 0 saturated carbocycles. The zero-order valence-corrected chi connectivity index (χ0v) is 15.5. The molecule has 0 spiro atoms. The summed E-state index contributed by atoms with van der Waals surface area (Å²) >= 11 is 7.35. The lowest BCUT2D eigenvalue weighted by Crippen LogP contribution is -1.95. The molecule has 2 aromatic heterocycles. The van der Waals surface area contributed by atoms with Gasteiger partial charge in [-0.3, -0.25) is 0 Å². The maximum atomic E-state index is 6.04. The van der Waals surface area contributed by atoms with Crippen LogP contribution >= 0.6 is 23.4 Å². The minimum absolute atomic E-state index is 0.135. The van der Waals surface area contributed by atoms with Crippen molar-refractivity contribution in [3.63, 3.8) is 0 Å². The van der Waals surface area contributed by atoms with Gasteiger partial charge in [0.25, 0.3) is 11.1 Å². The van der Waals surface area contributed by atoms with E-state index in [9.17, 15) is 0 Å². The Bertz CT molecular complexity index is 1020. The summed E-state index contributed by atoms with van der Waals surface area (Å²) in [6.07, 6.45) is 0. The summed E-state index contributed by atoms with van der Waals surface area (Å²) in [7, 11) is 0. The highest BCUT2D eigenvalue weighted by atomic mass is 35.5. The number of ether oxygens (including phenoxy) is 1. The molecule has 0 aliphatic rings. The third kappa shape index (κ3) is 4.47. The highest BCUT2D eigenvalue weighted by Gasteiger charge is 2.12. The number of halogens is 1. The van der Waals surface area contributed by atoms with Crippen molar-refractivity contribution >= 4 is 23.4 Å². The molecule has 0 saturated heterocycles. The average Bonchev–Trinajstić information content (AvgIpc) is 3.36. The number of benzene rings is 2. The fraction of sp³-hybridized carbons (Fsp3) is 0.111. The van der Waals surface area contributed by atoms with Crippen LogP contribution in [0.2, 0.25) is 5.02 Å². The van der Waals surface area contributed by atoms with Crippen LogP contribution in [0.15, 0.2) is 68.7 Å². The molecule has 7 nitrogen and oxygen atoms in total. The molecule has 0 unspecified atom stereocenters. The molecule has 0 amide bonds. The van der Waals surface area contributed by atoms with E-state index in [1.54, 1.807) is 12.1 Å². The molecule has 0 aliphatic carbocycles. The minimum atomic E-state index is 0.135. The predicted molar refractivity (Wildman–Crippen MR) is 99.4 cm³/mol. The van der Waals surface area contributed by atoms with Crippen LogP contribution < -0.4 is 4.74 Å². The van der Waals surface area contributed by atoms with Crippen molar-refractivity contribution in [3.8, 4) is 17.2 Å². The van der Waals surface area contributed by atoms with Gasteiger partial charge in [0.2, 0.25) is 11.8 Å². The zero-order valence-electron chi connectivity index (χ0n) is 13.9. The SMILES string of the molecule is Clc1ccccc1OCc1nnc(SCc2nnc(-c3ccccc3)o2)o1. The summed E-state index contributed by atoms with van der Waals surface area (Å²) in [6, 6.07) is 16.8. The summed E-state index contributed by atoms with van der Waals surface area (Å²) in [5.41, 5.74) is 0.873. The number of para-hydroxylation sites is 1. The van der Waals surface area contributed by atoms with E-state index in [2.05, 4.69) is 20.4 Å². The Morgan fingerprint density at radius 2 is 1.63 bits per heavy atom. The zero-order chi connectivity index (χ0) is 18.5. The molecule has 9 heteroatoms. The van der Waals surface area contributed by atoms with Crippen LogP contribution in [0.25, 0.3) is 11.5 Å². The summed E-state index contributed by atoms with van der Waals surface area (Å²) in [6.45, 7) is 0.135. The monoisotopic (exact) mass is 400 g/mol. The van der Waals surface area contributed by atoms with Crippen molar-refractivity contribution in [2.45, 2.75) is 17.6 Å². The van der Waals surface area contributed by atoms with Crippen molar-refractivity contribution in [3.05, 3.63) is 71.4 Å². The third-order valence-corrected chi connectivity index (χ3v) is 4.56. The smallest absolute Gasteiger partial charge is 0.277 e. The topological polar surface area (TPSA) is 87.1 Å². The van der Waals surface area contributed by atoms with Crippen LogP contribution in [0, 0.1) is 0 Å². The van der Waals surface area contributed by atoms with Gasteiger partial charge in [-0.2, -0.15) is 0 Å². The number of rotatable bonds is 7. The number of aromatic nitrogens is 4. The van der Waals surface area contributed by atoms with E-state index in [-0.39, 0.29) is 6.61 Å². The summed E-state index contributed by atoms with van der Waals surface area (Å²) in [5, 5.41) is 16.9. The molecule has 2 heterocycles. The first-order chi connectivity index (χ1) is 13.3. The molecule has 0 aliphatic heterocycles. The van der Waals surface area contributed by atoms with E-state index in [0.717, 1.165) is 5.56 Å². The van der Waals surface area contributed by atoms with Crippen LogP contribution in [0.1, 0.15) is 11.8 Å². The lowest BCUT2D eigenvalue weighted by Gasteiger charge is -2.04. The quantitative estimate of drug-likeness (QED) is 0.414. The Morgan fingerprint density at radius 3 is 2.48 bits per heavy atom. The molecule has 4 aromatic rings. The van der Waals surface area contributed by atoms with Gasteiger partial charge in [-0.25, -0.2) is 0 Å². The van der Waals surface area contributed by atoms with Crippen molar-refractivity contribution in [2.24, 2.45) is 0 Å². The summed E-state index contributed by atoms with van der Waals surface area (Å²) in [5.74, 6) is 2.29. The maximum absolute atomic E-state index is 6.04. The molecular weight excluding hydrogens is 388 g/mol. The molecule has 4 rings (SSSR count). The molecule has 27 heavy (non-hydrogen) atoms. The van der Waals surface area contributed by atoms with Gasteiger partial charge in [-0.15, -0.1) is 20.4 Å². The number of nitrogens with zero attached hydrogens (tertiary/aromatic N) is 4. The highest BCUT2D eigenvalue weighted by molar-refractivity contribution is 7.98. The Morgan fingerprint density at radius 1 is 0.852 bits per heavy atom. The standard InChI is InChI=1S/C18H13ClN4O3S/c19-13-8-4-5-9-14(13)24-10-15-20-23-18(26-15)27-11-16-21-22-17(25-16)12-6-2-1-3-7-12/h1-9H,10-11H2. The molecule has 0 atom stereocenters. The van der Waals surface area contributed by atoms with E-state index in [1.165, 1.54) is 11.8 Å². The van der Waals surface area contributed by atoms with Crippen LogP contribution in [0.5, 0.6) is 5.75 Å². The van der Waals surface area contributed by atoms with E-state index in [4.69, 9.17) is 25.2 Å². The van der Waals surface area contributed by atoms with Crippen molar-refractivity contribution in [2.75, 3.05) is 0 Å². The fourth-order valence-corrected chi connectivity index (χ4v) is 3.00. The number of hydrogen-bond donors (Lipinski definition) is 0. The average molecular weight is 401 g/mol. The molecular formula is C18H13ClN4O3S. The van der Waals surface area contributed by atoms with E-state index < -0.39 is 0 Å². The molecule has 136 valence electrons. The largest absolute Gasteiger partial charge is 0.482 e. The van der Waals surface area contributed by atoms with Gasteiger partial charge in [0.05, 0.1) is 10.8 Å². The van der Waals surface area contributed by atoms with Gasteiger partial charge in [0, 0.05) is 5.56 Å². The van der Waals surface area contributed by atoms with Crippen LogP contribution in [0.4, 0.5) is 0 Å². The normalized spacial score (nSPS) is 10.9. The van der Waals surface area contributed by atoms with Crippen molar-refractivity contribution in [1.82, 2.24) is 20.4 Å². The molecule has 0 radical (unpaired) electrons. The predicted octanol–water partition coefficient (Wildman–Crippen LogP) is 4.64. The second-order valence-corrected chi connectivity index (χ2v) is 6.67. The molecule has 0 N–H and O–H groups in total. The van der Waals surface area contributed by atoms with E-state index in [0.29, 0.717) is 39.4 Å². The van der Waals surface area contributed by atoms with E-state index in [1.807, 2.05) is 42.5 Å². The van der Waals surface area contributed by atoms with Gasteiger partial charge in [0.15, 0.2) is 6.61 Å². The molecule has 0 bridgehead atoms. The first-order valence-electron chi connectivity index (χ1n) is 7.98. The lowest BCUT2D eigenvalue weighted by molar-refractivity contribution is 0.252. The van der Waals surface area contributed by atoms with Gasteiger partial charge in [-0.05, 0) is 24.3 Å². The van der Waals surface area contributed by atoms with Crippen LogP contribution in [-0.2, 0) is 12.4 Å². The minimum Gasteiger partial charge on any atom is -0.482 e. The highest BCUT2D eigenvalue weighted by Crippen LogP contribution is 2.26. The van der Waals surface area contributed by atoms with Gasteiger partial charge in [0.1, 0.15) is 5.75 Å². The van der Waals surface area contributed by atoms with E-state index >= 15 is 0 Å². The Kier molecular flexibility index (Phi) is 5.36. The number of hydrogen-bond acceptors (Lipinski definition) is 8. The first-order valence-corrected chi connectivity index (χ1v) is 9.34. The van der Waals surface area contributed by atoms with Crippen LogP contribution in [-0.4, -0.2) is 20.4 Å². The Labute approximate surface area is 163 Å². The summed E-state index contributed by atoms with van der Waals surface area (Å²) in [4.78, 5) is 0. The van der Waals surface area contributed by atoms with Gasteiger partial charge >= 0.3 is 0 Å². The summed E-state index contributed by atoms with van der Waals surface area (Å²) < 4.78 is 16.8. The van der Waals surface area contributed by atoms with Gasteiger partial charge in [-0.1, -0.05) is 53.7 Å². The maximum Gasteiger partial charge on any atom is 0.277 e.